The molecule has 0 radical (unpaired) electrons. The number of alkyl halides is 3. The number of ether oxygens (including phenoxy) is 1. The van der Waals surface area contributed by atoms with Crippen molar-refractivity contribution >= 4 is 27.0 Å². The molecule has 3 aromatic rings. The Bertz CT molecular complexity index is 888. The Kier molecular flexibility index (Phi) is 4.25. The Morgan fingerprint density at radius 2 is 1.88 bits per heavy atom. The van der Waals surface area contributed by atoms with E-state index < -0.39 is 6.36 Å². The maximum Gasteiger partial charge on any atom is 0.573 e. The van der Waals surface area contributed by atoms with Crippen LogP contribution in [0.25, 0.3) is 22.3 Å². The molecule has 0 saturated carbocycles. The fraction of sp³-hybridized carbons (Fsp3) is 0.250. The molecule has 0 aliphatic heterocycles. The highest BCUT2D eigenvalue weighted by atomic mass is 79.9. The van der Waals surface area contributed by atoms with Crippen LogP contribution in [-0.4, -0.2) is 20.9 Å². The summed E-state index contributed by atoms with van der Waals surface area (Å²) in [5.74, 6) is -0.267. The number of hydrogen-bond acceptors (Lipinski definition) is 3. The highest BCUT2D eigenvalue weighted by Gasteiger charge is 2.31. The first-order valence-electron chi connectivity index (χ1n) is 7.15. The van der Waals surface area contributed by atoms with E-state index in [4.69, 9.17) is 0 Å². The minimum atomic E-state index is -4.71. The zero-order valence-electron chi connectivity index (χ0n) is 12.9. The number of benzene rings is 1. The van der Waals surface area contributed by atoms with Gasteiger partial charge < -0.3 is 9.30 Å². The average molecular weight is 400 g/mol. The van der Waals surface area contributed by atoms with Crippen LogP contribution in [0.1, 0.15) is 12.6 Å². The van der Waals surface area contributed by atoms with Gasteiger partial charge in [0.1, 0.15) is 11.3 Å². The Morgan fingerprint density at radius 3 is 2.46 bits per heavy atom. The van der Waals surface area contributed by atoms with E-state index in [1.54, 1.807) is 18.5 Å². The van der Waals surface area contributed by atoms with Crippen molar-refractivity contribution in [3.63, 3.8) is 0 Å². The van der Waals surface area contributed by atoms with Crippen LogP contribution < -0.4 is 4.74 Å². The van der Waals surface area contributed by atoms with Crippen LogP contribution in [0.15, 0.2) is 35.1 Å². The number of pyridine rings is 1. The zero-order valence-corrected chi connectivity index (χ0v) is 14.4. The Balaban J connectivity index is 2.11. The minimum absolute atomic E-state index is 0.267. The van der Waals surface area contributed by atoms with Crippen molar-refractivity contribution in [3.05, 3.63) is 40.8 Å². The predicted octanol–water partition coefficient (Wildman–Crippen LogP) is 4.86. The molecular formula is C16H13BrF3N3O. The lowest BCUT2D eigenvalue weighted by atomic mass is 10.1. The van der Waals surface area contributed by atoms with Crippen LogP contribution in [0.2, 0.25) is 0 Å². The van der Waals surface area contributed by atoms with Gasteiger partial charge in [-0.25, -0.2) is 9.97 Å². The van der Waals surface area contributed by atoms with Gasteiger partial charge in [0, 0.05) is 12.6 Å². The second-order valence-electron chi connectivity index (χ2n) is 5.20. The third kappa shape index (κ3) is 3.10. The van der Waals surface area contributed by atoms with E-state index in [2.05, 4.69) is 30.6 Å². The Labute approximate surface area is 144 Å². The van der Waals surface area contributed by atoms with E-state index in [1.165, 1.54) is 12.1 Å². The molecule has 0 aliphatic rings. The number of fused-ring (bicyclic) bond motifs is 1. The second-order valence-corrected chi connectivity index (χ2v) is 5.99. The van der Waals surface area contributed by atoms with E-state index in [9.17, 15) is 13.2 Å². The van der Waals surface area contributed by atoms with Crippen molar-refractivity contribution in [1.29, 1.82) is 0 Å². The largest absolute Gasteiger partial charge is 0.573 e. The molecule has 0 unspecified atom stereocenters. The molecule has 0 atom stereocenters. The number of aryl methyl sites for hydroxylation is 2. The van der Waals surface area contributed by atoms with Crippen molar-refractivity contribution < 1.29 is 17.9 Å². The molecule has 0 aliphatic carbocycles. The SMILES string of the molecule is CCc1nc(-c2ccc(OC(F)(F)F)cc2)c2ncn(C)c2c1Br. The van der Waals surface area contributed by atoms with E-state index in [0.717, 1.165) is 15.7 Å². The summed E-state index contributed by atoms with van der Waals surface area (Å²) in [4.78, 5) is 8.99. The van der Waals surface area contributed by atoms with Gasteiger partial charge in [0.05, 0.1) is 27.7 Å². The van der Waals surface area contributed by atoms with E-state index in [-0.39, 0.29) is 5.75 Å². The molecule has 3 rings (SSSR count). The molecule has 0 bridgehead atoms. The molecule has 0 amide bonds. The van der Waals surface area contributed by atoms with E-state index in [1.807, 2.05) is 18.5 Å². The van der Waals surface area contributed by atoms with Crippen LogP contribution in [0.3, 0.4) is 0 Å². The number of rotatable bonds is 3. The summed E-state index contributed by atoms with van der Waals surface area (Å²) in [5.41, 5.74) is 3.75. The fourth-order valence-corrected chi connectivity index (χ4v) is 3.32. The summed E-state index contributed by atoms with van der Waals surface area (Å²) in [6, 6.07) is 5.63. The molecule has 0 spiro atoms. The summed E-state index contributed by atoms with van der Waals surface area (Å²) in [6.45, 7) is 1.99. The van der Waals surface area contributed by atoms with Crippen LogP contribution in [-0.2, 0) is 13.5 Å². The number of hydrogen-bond donors (Lipinski definition) is 0. The van der Waals surface area contributed by atoms with Gasteiger partial charge in [-0.2, -0.15) is 0 Å². The first-order valence-corrected chi connectivity index (χ1v) is 7.95. The maximum absolute atomic E-state index is 12.3. The molecule has 1 aromatic carbocycles. The van der Waals surface area contributed by atoms with Crippen LogP contribution in [0.4, 0.5) is 13.2 Å². The summed E-state index contributed by atoms with van der Waals surface area (Å²) in [6.07, 6.45) is -2.31. The Morgan fingerprint density at radius 1 is 1.21 bits per heavy atom. The van der Waals surface area contributed by atoms with Gasteiger partial charge in [-0.3, -0.25) is 0 Å². The van der Waals surface area contributed by atoms with Gasteiger partial charge in [0.15, 0.2) is 0 Å². The molecule has 0 saturated heterocycles. The van der Waals surface area contributed by atoms with Crippen molar-refractivity contribution in [2.75, 3.05) is 0 Å². The number of imidazole rings is 1. The summed E-state index contributed by atoms with van der Waals surface area (Å²) in [7, 11) is 1.88. The highest BCUT2D eigenvalue weighted by molar-refractivity contribution is 9.10. The molecule has 0 fully saturated rings. The molecule has 4 nitrogen and oxygen atoms in total. The van der Waals surface area contributed by atoms with E-state index in [0.29, 0.717) is 23.2 Å². The third-order valence-corrected chi connectivity index (χ3v) is 4.40. The van der Waals surface area contributed by atoms with Crippen LogP contribution in [0.5, 0.6) is 5.75 Å². The summed E-state index contributed by atoms with van der Waals surface area (Å²) in [5, 5.41) is 0. The summed E-state index contributed by atoms with van der Waals surface area (Å²) >= 11 is 3.56. The van der Waals surface area contributed by atoms with Crippen molar-refractivity contribution in [2.24, 2.45) is 7.05 Å². The lowest BCUT2D eigenvalue weighted by molar-refractivity contribution is -0.274. The van der Waals surface area contributed by atoms with Crippen molar-refractivity contribution in [3.8, 4) is 17.0 Å². The van der Waals surface area contributed by atoms with Gasteiger partial charge >= 0.3 is 6.36 Å². The molecule has 0 N–H and O–H groups in total. The smallest absolute Gasteiger partial charge is 0.406 e. The van der Waals surface area contributed by atoms with E-state index >= 15 is 0 Å². The highest BCUT2D eigenvalue weighted by Crippen LogP contribution is 2.34. The van der Waals surface area contributed by atoms with Gasteiger partial charge in [-0.05, 0) is 46.6 Å². The van der Waals surface area contributed by atoms with Crippen molar-refractivity contribution in [2.45, 2.75) is 19.7 Å². The zero-order chi connectivity index (χ0) is 17.5. The lowest BCUT2D eigenvalue weighted by Gasteiger charge is -2.11. The van der Waals surface area contributed by atoms with Crippen LogP contribution in [0, 0.1) is 0 Å². The summed E-state index contributed by atoms with van der Waals surface area (Å²) < 4.78 is 43.5. The molecule has 2 aromatic heterocycles. The average Bonchev–Trinajstić information content (AvgIpc) is 2.90. The quantitative estimate of drug-likeness (QED) is 0.631. The number of aromatic nitrogens is 3. The standard InChI is InChI=1S/C16H13BrF3N3O/c1-3-11-12(17)15-14(21-8-23(15)2)13(22-11)9-4-6-10(7-5-9)24-16(18,19)20/h4-8H,3H2,1-2H3. The van der Waals surface area contributed by atoms with Gasteiger partial charge in [0.2, 0.25) is 0 Å². The Hall–Kier alpha value is -2.09. The molecular weight excluding hydrogens is 387 g/mol. The second kappa shape index (κ2) is 6.08. The number of nitrogens with zero attached hydrogens (tertiary/aromatic N) is 3. The predicted molar refractivity (Wildman–Crippen MR) is 87.7 cm³/mol. The third-order valence-electron chi connectivity index (χ3n) is 3.57. The maximum atomic E-state index is 12.3. The first kappa shape index (κ1) is 16.8. The fourth-order valence-electron chi connectivity index (χ4n) is 2.49. The number of halogens is 4. The van der Waals surface area contributed by atoms with Gasteiger partial charge in [-0.1, -0.05) is 6.92 Å². The topological polar surface area (TPSA) is 39.9 Å². The molecule has 2 heterocycles. The first-order chi connectivity index (χ1) is 11.3. The van der Waals surface area contributed by atoms with Gasteiger partial charge in [0.25, 0.3) is 0 Å². The van der Waals surface area contributed by atoms with Gasteiger partial charge in [-0.15, -0.1) is 13.2 Å². The monoisotopic (exact) mass is 399 g/mol. The minimum Gasteiger partial charge on any atom is -0.406 e. The normalized spacial score (nSPS) is 11.9. The molecule has 126 valence electrons. The van der Waals surface area contributed by atoms with Crippen molar-refractivity contribution in [1.82, 2.24) is 14.5 Å². The van der Waals surface area contributed by atoms with Crippen LogP contribution >= 0.6 is 15.9 Å². The molecule has 24 heavy (non-hydrogen) atoms. The molecule has 8 heteroatoms. The lowest BCUT2D eigenvalue weighted by Crippen LogP contribution is -2.16.